The predicted octanol–water partition coefficient (Wildman–Crippen LogP) is 2.89. The van der Waals surface area contributed by atoms with Crippen LogP contribution < -0.4 is 0 Å². The van der Waals surface area contributed by atoms with Crippen molar-refractivity contribution in [2.45, 2.75) is 6.42 Å². The van der Waals surface area contributed by atoms with Crippen molar-refractivity contribution in [2.75, 3.05) is 0 Å². The zero-order valence-corrected chi connectivity index (χ0v) is 6.66. The monoisotopic (exact) mass is 147 g/mol. The summed E-state index contributed by atoms with van der Waals surface area (Å²) in [7, 11) is 0. The molecule has 0 fully saturated rings. The van der Waals surface area contributed by atoms with Crippen LogP contribution in [0.3, 0.4) is 0 Å². The van der Waals surface area contributed by atoms with Crippen LogP contribution in [0.25, 0.3) is 0 Å². The largest absolute Gasteiger partial charge is 0.273 e. The molecule has 0 aromatic carbocycles. The Kier molecular flexibility index (Phi) is 5.91. The van der Waals surface area contributed by atoms with Crippen molar-refractivity contribution >= 4 is 6.72 Å². The van der Waals surface area contributed by atoms with Gasteiger partial charge >= 0.3 is 0 Å². The highest BCUT2D eigenvalue weighted by molar-refractivity contribution is 5.28. The molecule has 0 aliphatic carbocycles. The quantitative estimate of drug-likeness (QED) is 0.322. The van der Waals surface area contributed by atoms with E-state index < -0.39 is 0 Å². The summed E-state index contributed by atoms with van der Waals surface area (Å²) in [6, 6.07) is 0. The van der Waals surface area contributed by atoms with Gasteiger partial charge in [-0.15, -0.1) is 6.58 Å². The van der Waals surface area contributed by atoms with Crippen LogP contribution in [-0.4, -0.2) is 6.72 Å². The summed E-state index contributed by atoms with van der Waals surface area (Å²) in [6.45, 7) is 10.6. The first-order chi connectivity index (χ1) is 5.35. The van der Waals surface area contributed by atoms with E-state index in [1.54, 1.807) is 12.3 Å². The van der Waals surface area contributed by atoms with Crippen LogP contribution in [0.1, 0.15) is 6.42 Å². The normalized spacial score (nSPS) is 11.5. The molecule has 0 rings (SSSR count). The molecular formula is C10H13N. The molecule has 58 valence electrons. The Morgan fingerprint density at radius 1 is 1.36 bits per heavy atom. The molecule has 0 unspecified atom stereocenters. The molecule has 0 N–H and O–H groups in total. The van der Waals surface area contributed by atoms with Crippen LogP contribution in [0.2, 0.25) is 0 Å². The highest BCUT2D eigenvalue weighted by Gasteiger charge is 1.82. The molecule has 0 radical (unpaired) electrons. The van der Waals surface area contributed by atoms with Gasteiger partial charge in [0.05, 0.1) is 0 Å². The molecule has 1 nitrogen and oxygen atoms in total. The fraction of sp³-hybridized carbons (Fsp3) is 0.100. The minimum atomic E-state index is 0.838. The second-order valence-corrected chi connectivity index (χ2v) is 1.96. The summed E-state index contributed by atoms with van der Waals surface area (Å²) in [6.07, 6.45) is 9.87. The highest BCUT2D eigenvalue weighted by Crippen LogP contribution is 2.02. The molecule has 1 heteroatoms. The molecule has 0 saturated carbocycles. The van der Waals surface area contributed by atoms with E-state index in [1.807, 2.05) is 18.2 Å². The average Bonchev–Trinajstić information content (AvgIpc) is 2.03. The average molecular weight is 147 g/mol. The molecule has 0 aromatic heterocycles. The lowest BCUT2D eigenvalue weighted by molar-refractivity contribution is 1.30. The van der Waals surface area contributed by atoms with Gasteiger partial charge in [0.1, 0.15) is 0 Å². The Hall–Kier alpha value is -1.37. The Balaban J connectivity index is 4.09. The molecule has 0 atom stereocenters. The van der Waals surface area contributed by atoms with Crippen molar-refractivity contribution in [1.82, 2.24) is 0 Å². The highest BCUT2D eigenvalue weighted by atomic mass is 14.6. The second kappa shape index (κ2) is 6.75. The zero-order chi connectivity index (χ0) is 8.53. The Morgan fingerprint density at radius 2 is 2.09 bits per heavy atom. The van der Waals surface area contributed by atoms with Gasteiger partial charge in [-0.3, -0.25) is 4.99 Å². The summed E-state index contributed by atoms with van der Waals surface area (Å²) in [5.41, 5.74) is 1.12. The van der Waals surface area contributed by atoms with Crippen molar-refractivity contribution in [2.24, 2.45) is 4.99 Å². The van der Waals surface area contributed by atoms with Crippen molar-refractivity contribution in [3.8, 4) is 0 Å². The van der Waals surface area contributed by atoms with Gasteiger partial charge in [-0.05, 0) is 24.8 Å². The van der Waals surface area contributed by atoms with Crippen molar-refractivity contribution in [1.29, 1.82) is 0 Å². The lowest BCUT2D eigenvalue weighted by Gasteiger charge is -1.91. The second-order valence-electron chi connectivity index (χ2n) is 1.96. The van der Waals surface area contributed by atoms with Crippen LogP contribution in [0.5, 0.6) is 0 Å². The molecular weight excluding hydrogens is 134 g/mol. The third-order valence-corrected chi connectivity index (χ3v) is 1.14. The summed E-state index contributed by atoms with van der Waals surface area (Å²) in [5.74, 6) is 0. The number of hydrogen-bond donors (Lipinski definition) is 0. The van der Waals surface area contributed by atoms with E-state index in [9.17, 15) is 0 Å². The molecule has 0 amide bonds. The number of allylic oxidation sites excluding steroid dienone is 5. The molecule has 0 saturated heterocycles. The number of aliphatic imine (C=N–C) groups is 1. The van der Waals surface area contributed by atoms with E-state index in [0.717, 1.165) is 12.0 Å². The minimum absolute atomic E-state index is 0.838. The van der Waals surface area contributed by atoms with Crippen molar-refractivity contribution in [3.63, 3.8) is 0 Å². The number of hydrogen-bond acceptors (Lipinski definition) is 1. The molecule has 0 heterocycles. The fourth-order valence-corrected chi connectivity index (χ4v) is 0.614. The van der Waals surface area contributed by atoms with E-state index in [-0.39, 0.29) is 0 Å². The van der Waals surface area contributed by atoms with Gasteiger partial charge in [0.15, 0.2) is 0 Å². The number of rotatable bonds is 5. The standard InChI is InChI=1S/C10H13N/c1-4-7-10(5-2)8-6-9-11-3/h4-6,8-9H,1-3,7H2/b9-6-,10-8-. The first-order valence-corrected chi connectivity index (χ1v) is 3.40. The minimum Gasteiger partial charge on any atom is -0.273 e. The van der Waals surface area contributed by atoms with E-state index in [2.05, 4.69) is 24.9 Å². The third kappa shape index (κ3) is 5.09. The van der Waals surface area contributed by atoms with Crippen molar-refractivity contribution < 1.29 is 0 Å². The topological polar surface area (TPSA) is 12.4 Å². The maximum absolute atomic E-state index is 3.66. The van der Waals surface area contributed by atoms with E-state index in [1.165, 1.54) is 0 Å². The van der Waals surface area contributed by atoms with Gasteiger partial charge in [-0.25, -0.2) is 0 Å². The third-order valence-electron chi connectivity index (χ3n) is 1.14. The zero-order valence-electron chi connectivity index (χ0n) is 6.66. The van der Waals surface area contributed by atoms with E-state index >= 15 is 0 Å². The van der Waals surface area contributed by atoms with Crippen molar-refractivity contribution in [3.05, 3.63) is 49.2 Å². The van der Waals surface area contributed by atoms with E-state index in [4.69, 9.17) is 0 Å². The molecule has 0 aliphatic heterocycles. The van der Waals surface area contributed by atoms with Gasteiger partial charge in [0.2, 0.25) is 0 Å². The van der Waals surface area contributed by atoms with Crippen LogP contribution in [0, 0.1) is 0 Å². The Morgan fingerprint density at radius 3 is 2.55 bits per heavy atom. The van der Waals surface area contributed by atoms with Gasteiger partial charge in [0, 0.05) is 6.20 Å². The van der Waals surface area contributed by atoms with Crippen LogP contribution in [-0.2, 0) is 0 Å². The van der Waals surface area contributed by atoms with Gasteiger partial charge in [0.25, 0.3) is 0 Å². The fourth-order valence-electron chi connectivity index (χ4n) is 0.614. The molecule has 11 heavy (non-hydrogen) atoms. The maximum Gasteiger partial charge on any atom is 0.0260 e. The van der Waals surface area contributed by atoms with Crippen LogP contribution >= 0.6 is 0 Å². The van der Waals surface area contributed by atoms with Crippen LogP contribution in [0.4, 0.5) is 0 Å². The van der Waals surface area contributed by atoms with Crippen LogP contribution in [0.15, 0.2) is 54.2 Å². The first kappa shape index (κ1) is 9.63. The molecule has 0 aliphatic rings. The smallest absolute Gasteiger partial charge is 0.0260 e. The lowest BCUT2D eigenvalue weighted by Crippen LogP contribution is -1.71. The number of nitrogens with zero attached hydrogens (tertiary/aromatic N) is 1. The van der Waals surface area contributed by atoms with Gasteiger partial charge < -0.3 is 0 Å². The Bertz CT molecular complexity index is 197. The molecule has 0 spiro atoms. The van der Waals surface area contributed by atoms with Gasteiger partial charge in [-0.2, -0.15) is 0 Å². The van der Waals surface area contributed by atoms with E-state index in [0.29, 0.717) is 0 Å². The maximum atomic E-state index is 3.66. The van der Waals surface area contributed by atoms with Gasteiger partial charge in [-0.1, -0.05) is 24.8 Å². The summed E-state index contributed by atoms with van der Waals surface area (Å²) < 4.78 is 0. The lowest BCUT2D eigenvalue weighted by atomic mass is 10.2. The summed E-state index contributed by atoms with van der Waals surface area (Å²) in [4.78, 5) is 3.57. The Labute approximate surface area is 68.2 Å². The SMILES string of the molecule is C=CC/C(C=C)=C\C=C/N=C. The predicted molar refractivity (Wildman–Crippen MR) is 51.8 cm³/mol. The molecule has 0 bridgehead atoms. The summed E-state index contributed by atoms with van der Waals surface area (Å²) in [5, 5.41) is 0. The molecule has 0 aromatic rings. The first-order valence-electron chi connectivity index (χ1n) is 3.40. The summed E-state index contributed by atoms with van der Waals surface area (Å²) >= 11 is 0.